The molecule has 0 saturated heterocycles. The molecule has 0 aromatic rings. The summed E-state index contributed by atoms with van der Waals surface area (Å²) in [7, 11) is 2.04. The van der Waals surface area contributed by atoms with Gasteiger partial charge in [-0.15, -0.1) is 0 Å². The number of nitrogens with one attached hydrogen (secondary N) is 1. The van der Waals surface area contributed by atoms with Gasteiger partial charge in [0.2, 0.25) is 0 Å². The summed E-state index contributed by atoms with van der Waals surface area (Å²) in [5, 5.41) is 3.29. The SMILES string of the molecule is CNCC(C)(C)CN(CC(C)C)CC(C)C. The molecule has 2 nitrogen and oxygen atoms in total. The molecule has 0 saturated carbocycles. The summed E-state index contributed by atoms with van der Waals surface area (Å²) in [6.07, 6.45) is 0. The topological polar surface area (TPSA) is 15.3 Å². The van der Waals surface area contributed by atoms with Crippen LogP contribution < -0.4 is 5.32 Å². The minimum atomic E-state index is 0.360. The number of nitrogens with zero attached hydrogens (tertiary/aromatic N) is 1. The molecule has 2 heteroatoms. The van der Waals surface area contributed by atoms with Crippen molar-refractivity contribution in [2.45, 2.75) is 41.5 Å². The molecule has 0 aliphatic heterocycles. The second kappa shape index (κ2) is 7.29. The average Bonchev–Trinajstić information content (AvgIpc) is 1.98. The number of rotatable bonds is 8. The Morgan fingerprint density at radius 2 is 1.44 bits per heavy atom. The van der Waals surface area contributed by atoms with Crippen LogP contribution in [0.5, 0.6) is 0 Å². The highest BCUT2D eigenvalue weighted by Crippen LogP contribution is 2.17. The Kier molecular flexibility index (Phi) is 7.25. The normalized spacial score (nSPS) is 13.1. The second-order valence-electron chi connectivity index (χ2n) is 6.68. The van der Waals surface area contributed by atoms with Crippen LogP contribution in [0.3, 0.4) is 0 Å². The third-order valence-electron chi connectivity index (χ3n) is 2.55. The molecule has 0 spiro atoms. The average molecular weight is 228 g/mol. The number of hydrogen-bond acceptors (Lipinski definition) is 2. The number of hydrogen-bond donors (Lipinski definition) is 1. The first-order valence-electron chi connectivity index (χ1n) is 6.64. The van der Waals surface area contributed by atoms with Gasteiger partial charge in [0.05, 0.1) is 0 Å². The van der Waals surface area contributed by atoms with Crippen LogP contribution in [-0.2, 0) is 0 Å². The fourth-order valence-corrected chi connectivity index (χ4v) is 2.38. The Morgan fingerprint density at radius 3 is 1.75 bits per heavy atom. The Bertz CT molecular complexity index is 164. The van der Waals surface area contributed by atoms with E-state index in [1.807, 2.05) is 7.05 Å². The summed E-state index contributed by atoms with van der Waals surface area (Å²) in [5.74, 6) is 1.51. The van der Waals surface area contributed by atoms with Gasteiger partial charge in [0.15, 0.2) is 0 Å². The van der Waals surface area contributed by atoms with Crippen LogP contribution in [0.15, 0.2) is 0 Å². The molecule has 0 bridgehead atoms. The van der Waals surface area contributed by atoms with Crippen molar-refractivity contribution in [2.24, 2.45) is 17.3 Å². The lowest BCUT2D eigenvalue weighted by Gasteiger charge is -2.34. The third-order valence-corrected chi connectivity index (χ3v) is 2.55. The van der Waals surface area contributed by atoms with Crippen molar-refractivity contribution in [2.75, 3.05) is 33.2 Å². The molecule has 0 aliphatic carbocycles. The highest BCUT2D eigenvalue weighted by molar-refractivity contribution is 4.76. The van der Waals surface area contributed by atoms with Gasteiger partial charge in [0.1, 0.15) is 0 Å². The largest absolute Gasteiger partial charge is 0.319 e. The molecule has 0 unspecified atom stereocenters. The van der Waals surface area contributed by atoms with Crippen molar-refractivity contribution in [1.29, 1.82) is 0 Å². The molecule has 0 atom stereocenters. The van der Waals surface area contributed by atoms with E-state index in [0.29, 0.717) is 5.41 Å². The lowest BCUT2D eigenvalue weighted by Crippen LogP contribution is -2.42. The van der Waals surface area contributed by atoms with E-state index >= 15 is 0 Å². The van der Waals surface area contributed by atoms with Gasteiger partial charge in [-0.3, -0.25) is 0 Å². The lowest BCUT2D eigenvalue weighted by molar-refractivity contribution is 0.147. The Labute approximate surface area is 103 Å². The zero-order valence-corrected chi connectivity index (χ0v) is 12.4. The fraction of sp³-hybridized carbons (Fsp3) is 1.00. The Balaban J connectivity index is 4.28. The summed E-state index contributed by atoms with van der Waals surface area (Å²) in [6, 6.07) is 0. The van der Waals surface area contributed by atoms with E-state index in [1.165, 1.54) is 19.6 Å². The lowest BCUT2D eigenvalue weighted by atomic mass is 9.92. The van der Waals surface area contributed by atoms with Crippen molar-refractivity contribution >= 4 is 0 Å². The predicted molar refractivity (Wildman–Crippen MR) is 73.8 cm³/mol. The first-order valence-corrected chi connectivity index (χ1v) is 6.64. The maximum atomic E-state index is 3.29. The van der Waals surface area contributed by atoms with Crippen LogP contribution in [0.2, 0.25) is 0 Å². The van der Waals surface area contributed by atoms with Crippen molar-refractivity contribution in [1.82, 2.24) is 10.2 Å². The van der Waals surface area contributed by atoms with E-state index in [1.54, 1.807) is 0 Å². The molecule has 0 radical (unpaired) electrons. The molecule has 98 valence electrons. The van der Waals surface area contributed by atoms with Gasteiger partial charge in [-0.25, -0.2) is 0 Å². The molecule has 0 heterocycles. The Hall–Kier alpha value is -0.0800. The third kappa shape index (κ3) is 8.12. The van der Waals surface area contributed by atoms with Crippen molar-refractivity contribution in [3.8, 4) is 0 Å². The molecule has 0 rings (SSSR count). The maximum absolute atomic E-state index is 3.29. The van der Waals surface area contributed by atoms with E-state index in [9.17, 15) is 0 Å². The molecular formula is C14H32N2. The van der Waals surface area contributed by atoms with Crippen LogP contribution in [0.4, 0.5) is 0 Å². The summed E-state index contributed by atoms with van der Waals surface area (Å²) >= 11 is 0. The zero-order valence-electron chi connectivity index (χ0n) is 12.4. The monoisotopic (exact) mass is 228 g/mol. The van der Waals surface area contributed by atoms with Crippen LogP contribution in [0.1, 0.15) is 41.5 Å². The molecule has 0 aromatic heterocycles. The van der Waals surface area contributed by atoms with E-state index < -0.39 is 0 Å². The van der Waals surface area contributed by atoms with Gasteiger partial charge in [-0.05, 0) is 24.3 Å². The summed E-state index contributed by atoms with van der Waals surface area (Å²) in [5.41, 5.74) is 0.360. The van der Waals surface area contributed by atoms with Gasteiger partial charge < -0.3 is 10.2 Å². The summed E-state index contributed by atoms with van der Waals surface area (Å²) in [6.45, 7) is 18.6. The molecule has 0 aliphatic rings. The first kappa shape index (κ1) is 15.9. The molecule has 0 aromatic carbocycles. The standard InChI is InChI=1S/C14H32N2/c1-12(2)8-16(9-13(3)4)11-14(5,6)10-15-7/h12-13,15H,8-11H2,1-7H3. The smallest absolute Gasteiger partial charge is 0.00450 e. The molecular weight excluding hydrogens is 196 g/mol. The summed E-state index contributed by atoms with van der Waals surface area (Å²) in [4.78, 5) is 2.62. The predicted octanol–water partition coefficient (Wildman–Crippen LogP) is 2.85. The fourth-order valence-electron chi connectivity index (χ4n) is 2.38. The molecule has 0 fully saturated rings. The maximum Gasteiger partial charge on any atom is 0.00450 e. The Morgan fingerprint density at radius 1 is 1.00 bits per heavy atom. The highest BCUT2D eigenvalue weighted by atomic mass is 15.1. The molecule has 16 heavy (non-hydrogen) atoms. The van der Waals surface area contributed by atoms with Gasteiger partial charge in [0.25, 0.3) is 0 Å². The highest BCUT2D eigenvalue weighted by Gasteiger charge is 2.21. The minimum Gasteiger partial charge on any atom is -0.319 e. The van der Waals surface area contributed by atoms with Crippen LogP contribution >= 0.6 is 0 Å². The molecule has 1 N–H and O–H groups in total. The van der Waals surface area contributed by atoms with E-state index in [4.69, 9.17) is 0 Å². The van der Waals surface area contributed by atoms with E-state index in [-0.39, 0.29) is 0 Å². The van der Waals surface area contributed by atoms with Crippen molar-refractivity contribution < 1.29 is 0 Å². The quantitative estimate of drug-likeness (QED) is 0.687. The van der Waals surface area contributed by atoms with Crippen LogP contribution in [0, 0.1) is 17.3 Å². The first-order chi connectivity index (χ1) is 7.26. The summed E-state index contributed by atoms with van der Waals surface area (Å²) < 4.78 is 0. The second-order valence-corrected chi connectivity index (χ2v) is 6.68. The van der Waals surface area contributed by atoms with Crippen LogP contribution in [-0.4, -0.2) is 38.1 Å². The van der Waals surface area contributed by atoms with E-state index in [0.717, 1.165) is 18.4 Å². The minimum absolute atomic E-state index is 0.360. The van der Waals surface area contributed by atoms with Gasteiger partial charge in [-0.2, -0.15) is 0 Å². The van der Waals surface area contributed by atoms with Crippen molar-refractivity contribution in [3.05, 3.63) is 0 Å². The van der Waals surface area contributed by atoms with Crippen molar-refractivity contribution in [3.63, 3.8) is 0 Å². The van der Waals surface area contributed by atoms with Gasteiger partial charge >= 0.3 is 0 Å². The molecule has 0 amide bonds. The zero-order chi connectivity index (χ0) is 12.8. The van der Waals surface area contributed by atoms with E-state index in [2.05, 4.69) is 51.8 Å². The van der Waals surface area contributed by atoms with Gasteiger partial charge in [0, 0.05) is 26.2 Å². The van der Waals surface area contributed by atoms with Gasteiger partial charge in [-0.1, -0.05) is 41.5 Å². The van der Waals surface area contributed by atoms with Crippen LogP contribution in [0.25, 0.3) is 0 Å².